The van der Waals surface area contributed by atoms with Gasteiger partial charge in [-0.25, -0.2) is 19.5 Å². The Balaban J connectivity index is 0.721. The maximum absolute atomic E-state index is 14.1. The fourth-order valence-electron chi connectivity index (χ4n) is 12.0. The number of pyridine rings is 3. The number of fused-ring (bicyclic) bond motifs is 4. The van der Waals surface area contributed by atoms with E-state index in [0.29, 0.717) is 71.1 Å². The number of carbonyl (C=O) groups excluding carboxylic acids is 5. The van der Waals surface area contributed by atoms with E-state index in [-0.39, 0.29) is 52.9 Å². The average Bonchev–Trinajstić information content (AvgIpc) is 4.24. The number of methoxy groups -OCH3 is 1. The molecule has 22 nitrogen and oxygen atoms in total. The third-order valence-electron chi connectivity index (χ3n) is 15.7. The van der Waals surface area contributed by atoms with E-state index < -0.39 is 57.9 Å². The number of piperidine rings is 2. The number of phosphoric acid groups is 1. The Morgan fingerprint density at radius 3 is 2.37 bits per heavy atom. The van der Waals surface area contributed by atoms with Crippen molar-refractivity contribution in [1.82, 2.24) is 34.2 Å². The van der Waals surface area contributed by atoms with Crippen LogP contribution in [0.4, 0.5) is 28.7 Å². The summed E-state index contributed by atoms with van der Waals surface area (Å²) in [5.41, 5.74) is 6.76. The van der Waals surface area contributed by atoms with Crippen LogP contribution < -0.4 is 24.8 Å². The van der Waals surface area contributed by atoms with Gasteiger partial charge in [0.05, 0.1) is 40.8 Å². The standard InChI is InChI=1S/C53H60N11O11P/c1-31-28-59(34-12-15-58(16-13-34)35-5-7-38-39(23-35)50(68)64(49(38)67)42-8-10-46(66)63(51(42)69)30-75-76(71,72)73)17-18-60(31)36-6-9-45(55-27-36)57-41-21-33(26-56-48(41)74-4)37-11-14-54-47(40(37)29-65)62-20-19-61-43(52(62)70)22-32-24-53(2,3)25-44(32)61/h5-7,9,11,14,21-23,26-27,31,34,42,65H,8,10,12-13,15-20,24-25,28-30H2,1-4H3,(H,55,57)(H2,71,72,73)/t31-,42?/m0/s1/i4D3. The first-order valence-corrected chi connectivity index (χ1v) is 26.9. The van der Waals surface area contributed by atoms with Crippen molar-refractivity contribution in [2.24, 2.45) is 5.41 Å². The van der Waals surface area contributed by atoms with Crippen molar-refractivity contribution in [2.75, 3.05) is 73.1 Å². The van der Waals surface area contributed by atoms with Crippen LogP contribution in [0.1, 0.15) is 98.6 Å². The number of phosphoric ester groups is 1. The van der Waals surface area contributed by atoms with Crippen molar-refractivity contribution in [3.63, 3.8) is 0 Å². The molecule has 1 aromatic carbocycles. The van der Waals surface area contributed by atoms with Gasteiger partial charge in [-0.15, -0.1) is 0 Å². The summed E-state index contributed by atoms with van der Waals surface area (Å²) in [6, 6.07) is 13.2. The number of carbonyl (C=O) groups is 5. The summed E-state index contributed by atoms with van der Waals surface area (Å²) in [6.45, 7) is 9.87. The number of nitrogens with zero attached hydrogens (tertiary/aromatic N) is 10. The van der Waals surface area contributed by atoms with Gasteiger partial charge in [0.2, 0.25) is 11.8 Å². The molecule has 2 atom stereocenters. The van der Waals surface area contributed by atoms with Crippen molar-refractivity contribution in [2.45, 2.75) is 90.6 Å². The van der Waals surface area contributed by atoms with E-state index in [4.69, 9.17) is 23.6 Å². The molecule has 4 N–H and O–H groups in total. The smallest absolute Gasteiger partial charge is 0.471 e. The second-order valence-corrected chi connectivity index (χ2v) is 22.3. The molecule has 76 heavy (non-hydrogen) atoms. The Labute approximate surface area is 442 Å². The summed E-state index contributed by atoms with van der Waals surface area (Å²) in [6.07, 6.45) is 7.94. The summed E-state index contributed by atoms with van der Waals surface area (Å²) in [5.74, 6) is -2.70. The highest BCUT2D eigenvalue weighted by molar-refractivity contribution is 7.46. The van der Waals surface area contributed by atoms with Gasteiger partial charge in [0, 0.05) is 99.2 Å². The summed E-state index contributed by atoms with van der Waals surface area (Å²) < 4.78 is 46.7. The number of amides is 5. The second kappa shape index (κ2) is 19.8. The third-order valence-corrected chi connectivity index (χ3v) is 16.2. The number of aliphatic hydroxyl groups is 1. The first-order chi connectivity index (χ1) is 37.5. The van der Waals surface area contributed by atoms with Crippen molar-refractivity contribution in [3.8, 4) is 17.0 Å². The van der Waals surface area contributed by atoms with E-state index in [1.165, 1.54) is 17.5 Å². The lowest BCUT2D eigenvalue weighted by molar-refractivity contribution is -0.155. The number of rotatable bonds is 13. The zero-order valence-corrected chi connectivity index (χ0v) is 43.1. The number of piperazine rings is 1. The van der Waals surface area contributed by atoms with Crippen LogP contribution >= 0.6 is 7.82 Å². The van der Waals surface area contributed by atoms with Gasteiger partial charge in [-0.1, -0.05) is 13.8 Å². The van der Waals surface area contributed by atoms with Crippen LogP contribution in [0.25, 0.3) is 11.1 Å². The van der Waals surface area contributed by atoms with Gasteiger partial charge in [0.25, 0.3) is 23.6 Å². The number of ether oxygens (including phenoxy) is 1. The number of nitrogens with one attached hydrogen (secondary N) is 1. The van der Waals surface area contributed by atoms with Crippen LogP contribution in [0.15, 0.2) is 67.1 Å². The largest absolute Gasteiger partial charge is 0.480 e. The Kier molecular flexibility index (Phi) is 12.4. The van der Waals surface area contributed by atoms with Crippen LogP contribution in [0.2, 0.25) is 0 Å². The van der Waals surface area contributed by atoms with E-state index in [1.54, 1.807) is 53.7 Å². The number of anilines is 5. The molecule has 11 rings (SSSR count). The molecule has 4 aromatic heterocycles. The number of benzene rings is 1. The van der Waals surface area contributed by atoms with E-state index in [2.05, 4.69) is 59.8 Å². The highest BCUT2D eigenvalue weighted by Gasteiger charge is 2.48. The molecule has 3 saturated heterocycles. The molecule has 5 aromatic rings. The Morgan fingerprint density at radius 2 is 1.63 bits per heavy atom. The van der Waals surface area contributed by atoms with E-state index in [1.807, 2.05) is 12.1 Å². The quantitative estimate of drug-likeness (QED) is 0.0918. The predicted molar refractivity (Wildman–Crippen MR) is 278 cm³/mol. The molecule has 1 aliphatic carbocycles. The number of aromatic nitrogens is 4. The van der Waals surface area contributed by atoms with Gasteiger partial charge in [-0.2, -0.15) is 0 Å². The minimum absolute atomic E-state index is 0.125. The van der Waals surface area contributed by atoms with E-state index in [0.717, 1.165) is 61.6 Å². The maximum Gasteiger partial charge on any atom is 0.471 e. The molecule has 5 amide bonds. The summed E-state index contributed by atoms with van der Waals surface area (Å²) in [7, 11) is -7.83. The van der Waals surface area contributed by atoms with Gasteiger partial charge in [0.15, 0.2) is 0 Å². The Hall–Kier alpha value is -7.07. The van der Waals surface area contributed by atoms with E-state index in [9.17, 15) is 33.6 Å². The topological polar surface area (TPSA) is 257 Å². The van der Waals surface area contributed by atoms with Crippen LogP contribution in [0.3, 0.4) is 0 Å². The SMILES string of the molecule is [2H]C([2H])([2H])Oc1ncc(-c2ccnc(N3CCn4c(cc5c4CC(C)(C)C5)C3=O)c2CO)cc1Nc1ccc(N2CCN(C3CCN(c4ccc5c(c4)C(=O)N(C4CCC(=O)N(COP(=O)(O)O)C4=O)C5=O)CC3)C[C@@H]2C)cn1. The molecule has 398 valence electrons. The lowest BCUT2D eigenvalue weighted by Gasteiger charge is -2.46. The number of imide groups is 2. The summed E-state index contributed by atoms with van der Waals surface area (Å²) in [4.78, 5) is 109. The van der Waals surface area contributed by atoms with Gasteiger partial charge in [-0.05, 0) is 104 Å². The lowest BCUT2D eigenvalue weighted by atomic mass is 9.90. The number of likely N-dealkylation sites (tertiary alicyclic amines) is 1. The third kappa shape index (κ3) is 9.40. The summed E-state index contributed by atoms with van der Waals surface area (Å²) in [5, 5.41) is 14.1. The van der Waals surface area contributed by atoms with Crippen molar-refractivity contribution in [1.29, 1.82) is 0 Å². The van der Waals surface area contributed by atoms with E-state index >= 15 is 0 Å². The van der Waals surface area contributed by atoms with Crippen LogP contribution in [0.5, 0.6) is 5.88 Å². The van der Waals surface area contributed by atoms with Gasteiger partial charge in [0.1, 0.15) is 35.8 Å². The minimum atomic E-state index is -5.02. The fourth-order valence-corrected chi connectivity index (χ4v) is 12.3. The number of aliphatic hydroxyl groups excluding tert-OH is 1. The first kappa shape index (κ1) is 47.4. The van der Waals surface area contributed by atoms with Crippen LogP contribution in [0, 0.1) is 5.41 Å². The van der Waals surface area contributed by atoms with Crippen LogP contribution in [-0.4, -0.2) is 150 Å². The molecular weight excluding hydrogens is 998 g/mol. The van der Waals surface area contributed by atoms with Crippen molar-refractivity contribution < 1.29 is 56.8 Å². The van der Waals surface area contributed by atoms with Gasteiger partial charge in [-0.3, -0.25) is 48.1 Å². The molecule has 0 spiro atoms. The highest BCUT2D eigenvalue weighted by Crippen LogP contribution is 2.42. The van der Waals surface area contributed by atoms with Gasteiger partial charge >= 0.3 is 7.82 Å². The highest BCUT2D eigenvalue weighted by atomic mass is 31.2. The molecule has 3 fully saturated rings. The maximum atomic E-state index is 14.1. The molecule has 6 aliphatic rings. The molecular formula is C53H60N11O11P. The first-order valence-electron chi connectivity index (χ1n) is 26.9. The molecule has 5 aliphatic heterocycles. The zero-order chi connectivity index (χ0) is 55.9. The molecule has 0 radical (unpaired) electrons. The Bertz CT molecular complexity index is 3340. The molecule has 23 heteroatoms. The van der Waals surface area contributed by atoms with Gasteiger partial charge < -0.3 is 39.3 Å². The molecule has 0 saturated carbocycles. The van der Waals surface area contributed by atoms with Crippen LogP contribution in [-0.2, 0) is 44.7 Å². The Morgan fingerprint density at radius 1 is 0.842 bits per heavy atom. The minimum Gasteiger partial charge on any atom is -0.480 e. The predicted octanol–water partition coefficient (Wildman–Crippen LogP) is 4.73. The number of hydrogen-bond acceptors (Lipinski definition) is 16. The lowest BCUT2D eigenvalue weighted by Crippen LogP contribution is -2.57. The fraction of sp³-hybridized carbons (Fsp3) is 0.434. The van der Waals surface area contributed by atoms with Crippen molar-refractivity contribution >= 4 is 66.1 Å². The average molecular weight is 1060 g/mol. The summed E-state index contributed by atoms with van der Waals surface area (Å²) >= 11 is 0. The second-order valence-electron chi connectivity index (χ2n) is 21.1. The molecule has 1 unspecified atom stereocenters. The normalized spacial score (nSPS) is 21.9. The zero-order valence-electron chi connectivity index (χ0n) is 45.2. The molecule has 9 heterocycles. The van der Waals surface area contributed by atoms with Crippen molar-refractivity contribution in [3.05, 3.63) is 101 Å². The molecule has 0 bridgehead atoms. The number of hydrogen-bond donors (Lipinski definition) is 4. The monoisotopic (exact) mass is 1060 g/mol.